The molecule has 1 spiro atoms. The number of carbonyl (C=O) groups is 2. The Kier molecular flexibility index (Phi) is 5.44. The molecule has 0 unspecified atom stereocenters. The molecule has 0 atom stereocenters. The predicted molar refractivity (Wildman–Crippen MR) is 104 cm³/mol. The van der Waals surface area contributed by atoms with Crippen LogP contribution in [0.4, 0.5) is 11.4 Å². The highest BCUT2D eigenvalue weighted by Crippen LogP contribution is 2.33. The fourth-order valence-corrected chi connectivity index (χ4v) is 3.46. The standard InChI is InChI=1S/C20H29N3O4/c1-19(2,17(24)21-15-5-7-16(8-6-15)22(3)4)18(25)23-11-9-20(10-12-23)26-13-14-27-20/h5-8H,9-14H2,1-4H3,(H,21,24). The van der Waals surface area contributed by atoms with Crippen molar-refractivity contribution in [2.24, 2.45) is 5.41 Å². The number of nitrogens with one attached hydrogen (secondary N) is 1. The highest BCUT2D eigenvalue weighted by molar-refractivity contribution is 6.09. The first-order valence-corrected chi connectivity index (χ1v) is 9.40. The van der Waals surface area contributed by atoms with Gasteiger partial charge in [0.25, 0.3) is 0 Å². The van der Waals surface area contributed by atoms with E-state index in [1.807, 2.05) is 43.3 Å². The number of carbonyl (C=O) groups excluding carboxylic acids is 2. The number of hydrogen-bond acceptors (Lipinski definition) is 5. The molecule has 1 aromatic rings. The van der Waals surface area contributed by atoms with Gasteiger partial charge in [-0.2, -0.15) is 0 Å². The highest BCUT2D eigenvalue weighted by Gasteiger charge is 2.45. The third kappa shape index (κ3) is 4.09. The minimum atomic E-state index is -1.15. The smallest absolute Gasteiger partial charge is 0.239 e. The predicted octanol–water partition coefficient (Wildman–Crippen LogP) is 2.08. The first-order chi connectivity index (χ1) is 12.7. The Morgan fingerprint density at radius 2 is 1.63 bits per heavy atom. The van der Waals surface area contributed by atoms with Crippen LogP contribution in [0.25, 0.3) is 0 Å². The molecule has 0 aromatic heterocycles. The Labute approximate surface area is 160 Å². The highest BCUT2D eigenvalue weighted by atomic mass is 16.7. The van der Waals surface area contributed by atoms with Gasteiger partial charge in [0.15, 0.2) is 5.79 Å². The topological polar surface area (TPSA) is 71.1 Å². The van der Waals surface area contributed by atoms with Gasteiger partial charge in [-0.3, -0.25) is 9.59 Å². The second kappa shape index (κ2) is 7.48. The molecule has 2 aliphatic rings. The molecular weight excluding hydrogens is 346 g/mol. The van der Waals surface area contributed by atoms with E-state index < -0.39 is 11.2 Å². The molecule has 7 heteroatoms. The van der Waals surface area contributed by atoms with Crippen LogP contribution >= 0.6 is 0 Å². The number of amides is 2. The van der Waals surface area contributed by atoms with Crippen LogP contribution in [0.5, 0.6) is 0 Å². The van der Waals surface area contributed by atoms with Crippen LogP contribution in [0.1, 0.15) is 26.7 Å². The number of ether oxygens (including phenoxy) is 2. The number of hydrogen-bond donors (Lipinski definition) is 1. The molecular formula is C20H29N3O4. The van der Waals surface area contributed by atoms with E-state index in [1.54, 1.807) is 18.7 Å². The molecule has 0 aliphatic carbocycles. The van der Waals surface area contributed by atoms with E-state index in [9.17, 15) is 9.59 Å². The van der Waals surface area contributed by atoms with Gasteiger partial charge in [0, 0.05) is 51.4 Å². The van der Waals surface area contributed by atoms with Crippen LogP contribution in [0, 0.1) is 5.41 Å². The monoisotopic (exact) mass is 375 g/mol. The second-order valence-corrected chi connectivity index (χ2v) is 7.92. The molecule has 2 amide bonds. The third-order valence-electron chi connectivity index (χ3n) is 5.37. The molecule has 2 fully saturated rings. The van der Waals surface area contributed by atoms with Gasteiger partial charge in [-0.25, -0.2) is 0 Å². The van der Waals surface area contributed by atoms with Crippen molar-refractivity contribution in [3.8, 4) is 0 Å². The summed E-state index contributed by atoms with van der Waals surface area (Å²) in [6, 6.07) is 7.53. The van der Waals surface area contributed by atoms with E-state index in [1.165, 1.54) is 0 Å². The van der Waals surface area contributed by atoms with Gasteiger partial charge < -0.3 is 24.6 Å². The van der Waals surface area contributed by atoms with Gasteiger partial charge in [0.1, 0.15) is 5.41 Å². The molecule has 7 nitrogen and oxygen atoms in total. The van der Waals surface area contributed by atoms with Gasteiger partial charge in [-0.15, -0.1) is 0 Å². The van der Waals surface area contributed by atoms with Gasteiger partial charge in [-0.05, 0) is 38.1 Å². The fraction of sp³-hybridized carbons (Fsp3) is 0.600. The fourth-order valence-electron chi connectivity index (χ4n) is 3.46. The lowest BCUT2D eigenvalue weighted by molar-refractivity contribution is -0.189. The maximum absolute atomic E-state index is 13.0. The summed E-state index contributed by atoms with van der Waals surface area (Å²) in [7, 11) is 3.92. The molecule has 2 saturated heterocycles. The summed E-state index contributed by atoms with van der Waals surface area (Å²) >= 11 is 0. The van der Waals surface area contributed by atoms with Crippen molar-refractivity contribution in [1.82, 2.24) is 4.90 Å². The molecule has 1 aromatic carbocycles. The molecule has 2 heterocycles. The largest absolute Gasteiger partial charge is 0.378 e. The van der Waals surface area contributed by atoms with E-state index in [-0.39, 0.29) is 11.8 Å². The Bertz CT molecular complexity index is 684. The lowest BCUT2D eigenvalue weighted by atomic mass is 9.88. The number of likely N-dealkylation sites (tertiary alicyclic amines) is 1. The van der Waals surface area contributed by atoms with Crippen LogP contribution in [-0.4, -0.2) is 62.9 Å². The Morgan fingerprint density at radius 1 is 1.07 bits per heavy atom. The number of anilines is 2. The van der Waals surface area contributed by atoms with E-state index in [2.05, 4.69) is 5.32 Å². The number of benzene rings is 1. The van der Waals surface area contributed by atoms with Crippen LogP contribution in [0.2, 0.25) is 0 Å². The average molecular weight is 375 g/mol. The van der Waals surface area contributed by atoms with Crippen molar-refractivity contribution in [3.63, 3.8) is 0 Å². The molecule has 0 bridgehead atoms. The SMILES string of the molecule is CN(C)c1ccc(NC(=O)C(C)(C)C(=O)N2CCC3(CC2)OCCO3)cc1. The molecule has 2 aliphatic heterocycles. The van der Waals surface area contributed by atoms with Crippen molar-refractivity contribution in [1.29, 1.82) is 0 Å². The first-order valence-electron chi connectivity index (χ1n) is 9.40. The Hall–Kier alpha value is -2.12. The normalized spacial score (nSPS) is 19.2. The third-order valence-corrected chi connectivity index (χ3v) is 5.37. The Balaban J connectivity index is 1.60. The average Bonchev–Trinajstić information content (AvgIpc) is 3.10. The van der Waals surface area contributed by atoms with Crippen molar-refractivity contribution in [2.75, 3.05) is 50.6 Å². The first kappa shape index (κ1) is 19.6. The quantitative estimate of drug-likeness (QED) is 0.816. The zero-order chi connectivity index (χ0) is 19.7. The maximum Gasteiger partial charge on any atom is 0.239 e. The second-order valence-electron chi connectivity index (χ2n) is 7.92. The van der Waals surface area contributed by atoms with E-state index in [0.717, 1.165) is 5.69 Å². The van der Waals surface area contributed by atoms with Crippen molar-refractivity contribution < 1.29 is 19.1 Å². The van der Waals surface area contributed by atoms with Gasteiger partial charge in [0.2, 0.25) is 11.8 Å². The Morgan fingerprint density at radius 3 is 2.15 bits per heavy atom. The summed E-state index contributed by atoms with van der Waals surface area (Å²) < 4.78 is 11.4. The number of rotatable bonds is 4. The summed E-state index contributed by atoms with van der Waals surface area (Å²) in [6.45, 7) is 5.63. The molecule has 1 N–H and O–H groups in total. The summed E-state index contributed by atoms with van der Waals surface area (Å²) in [6.07, 6.45) is 1.28. The van der Waals surface area contributed by atoms with Crippen LogP contribution in [0.3, 0.4) is 0 Å². The summed E-state index contributed by atoms with van der Waals surface area (Å²) in [5, 5.41) is 2.86. The molecule has 27 heavy (non-hydrogen) atoms. The van der Waals surface area contributed by atoms with Crippen molar-refractivity contribution in [3.05, 3.63) is 24.3 Å². The summed E-state index contributed by atoms with van der Waals surface area (Å²) in [5.74, 6) is -1.01. The lowest BCUT2D eigenvalue weighted by Gasteiger charge is -2.40. The molecule has 0 radical (unpaired) electrons. The lowest BCUT2D eigenvalue weighted by Crippen LogP contribution is -2.53. The van der Waals surface area contributed by atoms with Gasteiger partial charge >= 0.3 is 0 Å². The van der Waals surface area contributed by atoms with Gasteiger partial charge in [-0.1, -0.05) is 0 Å². The van der Waals surface area contributed by atoms with E-state index in [0.29, 0.717) is 44.8 Å². The zero-order valence-corrected chi connectivity index (χ0v) is 16.6. The van der Waals surface area contributed by atoms with Crippen molar-refractivity contribution >= 4 is 23.2 Å². The minimum absolute atomic E-state index is 0.169. The van der Waals surface area contributed by atoms with Crippen molar-refractivity contribution in [2.45, 2.75) is 32.5 Å². The molecule has 0 saturated carbocycles. The summed E-state index contributed by atoms with van der Waals surface area (Å²) in [4.78, 5) is 29.5. The maximum atomic E-state index is 13.0. The number of nitrogens with zero attached hydrogens (tertiary/aromatic N) is 2. The zero-order valence-electron chi connectivity index (χ0n) is 16.6. The molecule has 148 valence electrons. The van der Waals surface area contributed by atoms with E-state index >= 15 is 0 Å². The van der Waals surface area contributed by atoms with E-state index in [4.69, 9.17) is 9.47 Å². The molecule has 3 rings (SSSR count). The number of piperidine rings is 1. The van der Waals surface area contributed by atoms with Crippen LogP contribution in [0.15, 0.2) is 24.3 Å². The van der Waals surface area contributed by atoms with Crippen LogP contribution in [-0.2, 0) is 19.1 Å². The summed E-state index contributed by atoms with van der Waals surface area (Å²) in [5.41, 5.74) is 0.570. The minimum Gasteiger partial charge on any atom is -0.378 e. The van der Waals surface area contributed by atoms with Gasteiger partial charge in [0.05, 0.1) is 13.2 Å². The van der Waals surface area contributed by atoms with Crippen LogP contribution < -0.4 is 10.2 Å².